The van der Waals surface area contributed by atoms with Crippen LogP contribution in [0, 0.1) is 35.5 Å². The Hall–Kier alpha value is -1.89. The third-order valence-electron chi connectivity index (χ3n) is 7.66. The van der Waals surface area contributed by atoms with Gasteiger partial charge in [-0.15, -0.1) is 0 Å². The maximum Gasteiger partial charge on any atom is 0.332 e. The van der Waals surface area contributed by atoms with Gasteiger partial charge in [-0.25, -0.2) is 9.78 Å². The summed E-state index contributed by atoms with van der Waals surface area (Å²) < 4.78 is 3.00. The molecule has 0 amide bonds. The van der Waals surface area contributed by atoms with E-state index < -0.39 is 0 Å². The zero-order valence-electron chi connectivity index (χ0n) is 16.7. The van der Waals surface area contributed by atoms with E-state index >= 15 is 0 Å². The number of nitrogens with one attached hydrogen (secondary N) is 1. The first kappa shape index (κ1) is 18.2. The first-order valence-corrected chi connectivity index (χ1v) is 10.9. The molecule has 3 saturated carbocycles. The maximum atomic E-state index is 12.9. The van der Waals surface area contributed by atoms with Gasteiger partial charge in [0.25, 0.3) is 5.56 Å². The molecule has 7 heteroatoms. The van der Waals surface area contributed by atoms with E-state index in [9.17, 15) is 14.7 Å². The van der Waals surface area contributed by atoms with Crippen LogP contribution in [0.15, 0.2) is 9.59 Å². The van der Waals surface area contributed by atoms with Crippen LogP contribution in [0.4, 0.5) is 0 Å². The van der Waals surface area contributed by atoms with Crippen LogP contribution in [0.5, 0.6) is 0 Å². The SMILES string of the molecule is CCCn1c(=O)c2[nH]c(CC3C4C5CCC(C5CO)C34)nc2n(CCC)c1=O. The molecule has 28 heavy (non-hydrogen) atoms. The standard InChI is InChI=1S/C21H30N4O3/c1-3-7-24-19-18(20(27)25(8-4-2)21(24)28)22-15(23-19)9-13-16-11-5-6-12(17(13)16)14(11)10-26/h11-14,16-17,26H,3-10H2,1-2H3,(H,22,23). The number of hydrogen-bond donors (Lipinski definition) is 2. The minimum Gasteiger partial charge on any atom is -0.396 e. The van der Waals surface area contributed by atoms with Crippen LogP contribution in [0.1, 0.15) is 45.4 Å². The van der Waals surface area contributed by atoms with E-state index in [-0.39, 0.29) is 11.2 Å². The Morgan fingerprint density at radius 3 is 2.29 bits per heavy atom. The molecule has 4 atom stereocenters. The van der Waals surface area contributed by atoms with Crippen molar-refractivity contribution < 1.29 is 5.11 Å². The number of aromatic nitrogens is 4. The minimum atomic E-state index is -0.246. The van der Waals surface area contributed by atoms with Crippen LogP contribution >= 0.6 is 0 Å². The molecule has 2 bridgehead atoms. The van der Waals surface area contributed by atoms with Gasteiger partial charge in [-0.1, -0.05) is 13.8 Å². The summed E-state index contributed by atoms with van der Waals surface area (Å²) in [4.78, 5) is 33.6. The molecule has 2 aromatic rings. The molecule has 152 valence electrons. The van der Waals surface area contributed by atoms with Crippen molar-refractivity contribution in [1.82, 2.24) is 19.1 Å². The van der Waals surface area contributed by atoms with E-state index in [0.29, 0.717) is 54.5 Å². The Bertz CT molecular complexity index is 1000. The fourth-order valence-corrected chi connectivity index (χ4v) is 6.64. The third kappa shape index (κ3) is 2.41. The highest BCUT2D eigenvalue weighted by Crippen LogP contribution is 2.72. The van der Waals surface area contributed by atoms with Crippen molar-refractivity contribution in [2.75, 3.05) is 6.61 Å². The van der Waals surface area contributed by atoms with E-state index in [1.54, 1.807) is 4.57 Å². The lowest BCUT2D eigenvalue weighted by Crippen LogP contribution is -2.40. The predicted molar refractivity (Wildman–Crippen MR) is 106 cm³/mol. The summed E-state index contributed by atoms with van der Waals surface area (Å²) in [6.45, 7) is 5.34. The summed E-state index contributed by atoms with van der Waals surface area (Å²) in [7, 11) is 0. The number of aryl methyl sites for hydroxylation is 1. The molecule has 0 aliphatic heterocycles. The minimum absolute atomic E-state index is 0.244. The molecule has 3 aliphatic carbocycles. The average Bonchev–Trinajstić information content (AvgIpc) is 3.00. The first-order chi connectivity index (χ1) is 13.6. The number of H-pyrrole nitrogens is 1. The summed E-state index contributed by atoms with van der Waals surface area (Å²) in [5.74, 6) is 4.76. The van der Waals surface area contributed by atoms with Crippen molar-refractivity contribution in [3.63, 3.8) is 0 Å². The lowest BCUT2D eigenvalue weighted by Gasteiger charge is -2.18. The first-order valence-electron chi connectivity index (χ1n) is 10.9. The van der Waals surface area contributed by atoms with Crippen molar-refractivity contribution >= 4 is 11.2 Å². The zero-order valence-corrected chi connectivity index (χ0v) is 16.7. The maximum absolute atomic E-state index is 12.9. The molecule has 3 fully saturated rings. The number of fused-ring (bicyclic) bond motifs is 6. The van der Waals surface area contributed by atoms with Crippen molar-refractivity contribution in [3.05, 3.63) is 26.7 Å². The second kappa shape index (κ2) is 6.58. The fraction of sp³-hybridized carbons (Fsp3) is 0.762. The lowest BCUT2D eigenvalue weighted by atomic mass is 9.89. The Labute approximate surface area is 163 Å². The largest absolute Gasteiger partial charge is 0.396 e. The fourth-order valence-electron chi connectivity index (χ4n) is 6.64. The number of aliphatic hydroxyl groups is 1. The van der Waals surface area contributed by atoms with Gasteiger partial charge in [-0.05, 0) is 61.2 Å². The van der Waals surface area contributed by atoms with Gasteiger partial charge < -0.3 is 10.1 Å². The van der Waals surface area contributed by atoms with Gasteiger partial charge in [0.05, 0.1) is 0 Å². The summed E-state index contributed by atoms with van der Waals surface area (Å²) in [6, 6.07) is 0. The van der Waals surface area contributed by atoms with Crippen LogP contribution in [0.3, 0.4) is 0 Å². The van der Waals surface area contributed by atoms with Crippen LogP contribution < -0.4 is 11.2 Å². The number of aromatic amines is 1. The molecule has 2 heterocycles. The number of hydrogen-bond acceptors (Lipinski definition) is 4. The summed E-state index contributed by atoms with van der Waals surface area (Å²) in [5.41, 5.74) is 0.496. The molecule has 0 aromatic carbocycles. The van der Waals surface area contributed by atoms with Crippen LogP contribution in [0.25, 0.3) is 11.2 Å². The normalized spacial score (nSPS) is 33.0. The highest BCUT2D eigenvalue weighted by Gasteiger charge is 2.68. The Kier molecular flexibility index (Phi) is 4.27. The van der Waals surface area contributed by atoms with Crippen molar-refractivity contribution in [2.24, 2.45) is 35.5 Å². The molecule has 2 aromatic heterocycles. The van der Waals surface area contributed by atoms with E-state index in [4.69, 9.17) is 4.98 Å². The lowest BCUT2D eigenvalue weighted by molar-refractivity contribution is 0.166. The molecular weight excluding hydrogens is 356 g/mol. The van der Waals surface area contributed by atoms with Gasteiger partial charge in [0.1, 0.15) is 11.3 Å². The van der Waals surface area contributed by atoms with Crippen LogP contribution in [-0.2, 0) is 19.5 Å². The van der Waals surface area contributed by atoms with E-state index in [2.05, 4.69) is 4.98 Å². The molecule has 0 saturated heterocycles. The van der Waals surface area contributed by atoms with E-state index in [1.807, 2.05) is 13.8 Å². The van der Waals surface area contributed by atoms with Gasteiger partial charge in [0.15, 0.2) is 5.65 Å². The topological polar surface area (TPSA) is 92.9 Å². The summed E-state index contributed by atoms with van der Waals surface area (Å²) >= 11 is 0. The number of aliphatic hydroxyl groups excluding tert-OH is 1. The monoisotopic (exact) mass is 386 g/mol. The highest BCUT2D eigenvalue weighted by atomic mass is 16.3. The molecule has 7 nitrogen and oxygen atoms in total. The van der Waals surface area contributed by atoms with Gasteiger partial charge in [-0.3, -0.25) is 13.9 Å². The number of nitrogens with zero attached hydrogens (tertiary/aromatic N) is 3. The molecule has 0 radical (unpaired) electrons. The highest BCUT2D eigenvalue weighted by molar-refractivity contribution is 5.69. The number of rotatable bonds is 7. The second-order valence-corrected chi connectivity index (χ2v) is 9.05. The molecular formula is C21H30N4O3. The zero-order chi connectivity index (χ0) is 19.6. The van der Waals surface area contributed by atoms with Gasteiger partial charge >= 0.3 is 5.69 Å². The van der Waals surface area contributed by atoms with Crippen molar-refractivity contribution in [3.8, 4) is 0 Å². The number of imidazole rings is 1. The van der Waals surface area contributed by atoms with E-state index in [0.717, 1.165) is 36.9 Å². The molecule has 3 aliphatic rings. The Morgan fingerprint density at radius 1 is 1.04 bits per heavy atom. The van der Waals surface area contributed by atoms with Gasteiger partial charge in [-0.2, -0.15) is 0 Å². The third-order valence-corrected chi connectivity index (χ3v) is 7.66. The van der Waals surface area contributed by atoms with Gasteiger partial charge in [0.2, 0.25) is 0 Å². The van der Waals surface area contributed by atoms with Crippen molar-refractivity contribution in [1.29, 1.82) is 0 Å². The van der Waals surface area contributed by atoms with Crippen LogP contribution in [-0.4, -0.2) is 30.8 Å². The smallest absolute Gasteiger partial charge is 0.332 e. The average molecular weight is 386 g/mol. The quantitative estimate of drug-likeness (QED) is 0.758. The Morgan fingerprint density at radius 2 is 1.68 bits per heavy atom. The van der Waals surface area contributed by atoms with Crippen LogP contribution in [0.2, 0.25) is 0 Å². The summed E-state index contributed by atoms with van der Waals surface area (Å²) in [5, 5.41) is 9.68. The predicted octanol–water partition coefficient (Wildman–Crippen LogP) is 1.76. The van der Waals surface area contributed by atoms with Gasteiger partial charge in [0, 0.05) is 26.1 Å². The summed E-state index contributed by atoms with van der Waals surface area (Å²) in [6.07, 6.45) is 4.92. The second-order valence-electron chi connectivity index (χ2n) is 9.05. The Balaban J connectivity index is 1.48. The van der Waals surface area contributed by atoms with E-state index in [1.165, 1.54) is 17.4 Å². The molecule has 5 rings (SSSR count). The molecule has 0 spiro atoms. The van der Waals surface area contributed by atoms with Crippen molar-refractivity contribution in [2.45, 2.75) is 59.0 Å². The molecule has 4 unspecified atom stereocenters. The molecule has 2 N–H and O–H groups in total.